The summed E-state index contributed by atoms with van der Waals surface area (Å²) in [6.07, 6.45) is 5.18. The first-order valence-electron chi connectivity index (χ1n) is 6.37. The van der Waals surface area contributed by atoms with E-state index in [1.807, 2.05) is 22.7 Å². The molecular weight excluding hydrogens is 248 g/mol. The molecule has 0 saturated carbocycles. The van der Waals surface area contributed by atoms with E-state index in [-0.39, 0.29) is 0 Å². The van der Waals surface area contributed by atoms with Gasteiger partial charge in [-0.05, 0) is 31.6 Å². The van der Waals surface area contributed by atoms with Crippen LogP contribution in [0.25, 0.3) is 5.65 Å². The fraction of sp³-hybridized carbons (Fsp3) is 0.462. The minimum atomic E-state index is 0.741. The van der Waals surface area contributed by atoms with Gasteiger partial charge in [-0.25, -0.2) is 4.98 Å². The fourth-order valence-electron chi connectivity index (χ4n) is 2.38. The van der Waals surface area contributed by atoms with Crippen LogP contribution in [-0.4, -0.2) is 40.5 Å². The second kappa shape index (κ2) is 5.26. The maximum Gasteiger partial charge on any atom is 0.137 e. The Morgan fingerprint density at radius 3 is 3.11 bits per heavy atom. The summed E-state index contributed by atoms with van der Waals surface area (Å²) in [4.78, 5) is 7.07. The number of hydrogen-bond acceptors (Lipinski definition) is 3. The van der Waals surface area contributed by atoms with Crippen molar-refractivity contribution in [2.75, 3.05) is 26.2 Å². The Morgan fingerprint density at radius 1 is 1.22 bits per heavy atom. The predicted octanol–water partition coefficient (Wildman–Crippen LogP) is 1.78. The highest BCUT2D eigenvalue weighted by Crippen LogP contribution is 2.13. The summed E-state index contributed by atoms with van der Waals surface area (Å²) < 4.78 is 1.99. The van der Waals surface area contributed by atoms with E-state index in [4.69, 9.17) is 11.6 Å². The molecule has 0 aliphatic carbocycles. The van der Waals surface area contributed by atoms with Crippen molar-refractivity contribution in [2.45, 2.75) is 13.0 Å². The molecule has 0 bridgehead atoms. The lowest BCUT2D eigenvalue weighted by atomic mass is 10.3. The zero-order valence-corrected chi connectivity index (χ0v) is 11.0. The van der Waals surface area contributed by atoms with E-state index in [0.29, 0.717) is 0 Å². The summed E-state index contributed by atoms with van der Waals surface area (Å²) in [7, 11) is 0. The highest BCUT2D eigenvalue weighted by atomic mass is 35.5. The summed E-state index contributed by atoms with van der Waals surface area (Å²) >= 11 is 5.97. The molecule has 1 fully saturated rings. The first-order chi connectivity index (χ1) is 8.81. The van der Waals surface area contributed by atoms with E-state index in [9.17, 15) is 0 Å². The Labute approximate surface area is 112 Å². The maximum atomic E-state index is 5.97. The lowest BCUT2D eigenvalue weighted by Crippen LogP contribution is -2.27. The van der Waals surface area contributed by atoms with Crippen molar-refractivity contribution in [3.8, 4) is 0 Å². The number of nitrogens with zero attached hydrogens (tertiary/aromatic N) is 3. The number of pyridine rings is 1. The molecule has 4 nitrogen and oxygen atoms in total. The molecule has 1 saturated heterocycles. The molecule has 2 aromatic heterocycles. The number of fused-ring (bicyclic) bond motifs is 1. The minimum absolute atomic E-state index is 0.741. The zero-order chi connectivity index (χ0) is 12.4. The van der Waals surface area contributed by atoms with Gasteiger partial charge in [-0.3, -0.25) is 4.90 Å². The van der Waals surface area contributed by atoms with Gasteiger partial charge in [0.05, 0.1) is 10.7 Å². The number of aromatic nitrogens is 2. The van der Waals surface area contributed by atoms with Gasteiger partial charge in [0.15, 0.2) is 0 Å². The normalized spacial score (nSPS) is 18.1. The lowest BCUT2D eigenvalue weighted by molar-refractivity contribution is 0.281. The summed E-state index contributed by atoms with van der Waals surface area (Å²) in [5.74, 6) is 0. The van der Waals surface area contributed by atoms with Gasteiger partial charge in [0.25, 0.3) is 0 Å². The fourth-order valence-corrected chi connectivity index (χ4v) is 2.55. The molecule has 0 spiro atoms. The number of imidazole rings is 1. The summed E-state index contributed by atoms with van der Waals surface area (Å²) in [5.41, 5.74) is 2.07. The van der Waals surface area contributed by atoms with Crippen molar-refractivity contribution < 1.29 is 0 Å². The van der Waals surface area contributed by atoms with Gasteiger partial charge in [-0.15, -0.1) is 0 Å². The van der Waals surface area contributed by atoms with E-state index in [2.05, 4.69) is 21.4 Å². The third kappa shape index (κ3) is 2.66. The molecule has 1 aliphatic rings. The van der Waals surface area contributed by atoms with Crippen molar-refractivity contribution in [2.24, 2.45) is 0 Å². The number of rotatable bonds is 2. The van der Waals surface area contributed by atoms with Crippen molar-refractivity contribution in [1.82, 2.24) is 19.6 Å². The average Bonchev–Trinajstić information content (AvgIpc) is 2.57. The van der Waals surface area contributed by atoms with Gasteiger partial charge in [0.1, 0.15) is 5.65 Å². The molecule has 5 heteroatoms. The van der Waals surface area contributed by atoms with E-state index in [1.165, 1.54) is 6.42 Å². The average molecular weight is 265 g/mol. The van der Waals surface area contributed by atoms with Crippen LogP contribution in [0, 0.1) is 0 Å². The number of hydrogen-bond donors (Lipinski definition) is 1. The summed E-state index contributed by atoms with van der Waals surface area (Å²) in [6.45, 7) is 5.34. The van der Waals surface area contributed by atoms with Gasteiger partial charge in [-0.2, -0.15) is 0 Å². The predicted molar refractivity (Wildman–Crippen MR) is 73.0 cm³/mol. The van der Waals surface area contributed by atoms with Gasteiger partial charge in [0.2, 0.25) is 0 Å². The van der Waals surface area contributed by atoms with Gasteiger partial charge < -0.3 is 9.72 Å². The molecule has 0 unspecified atom stereocenters. The molecule has 0 atom stereocenters. The van der Waals surface area contributed by atoms with Crippen LogP contribution >= 0.6 is 11.6 Å². The monoisotopic (exact) mass is 264 g/mol. The van der Waals surface area contributed by atoms with Crippen LogP contribution in [-0.2, 0) is 6.54 Å². The van der Waals surface area contributed by atoms with Crippen LogP contribution in [0.5, 0.6) is 0 Å². The van der Waals surface area contributed by atoms with Crippen LogP contribution in [0.1, 0.15) is 12.1 Å². The standard InChI is InChI=1S/C13H17ClN4/c14-11-2-3-13-16-12(10-18(13)8-11)9-17-6-1-4-15-5-7-17/h2-3,8,10,15H,1,4-7,9H2. The van der Waals surface area contributed by atoms with Gasteiger partial charge in [-0.1, -0.05) is 11.6 Å². The number of nitrogens with one attached hydrogen (secondary N) is 1. The Hall–Kier alpha value is -1.10. The van der Waals surface area contributed by atoms with Crippen LogP contribution in [0.15, 0.2) is 24.5 Å². The van der Waals surface area contributed by atoms with E-state index in [0.717, 1.165) is 49.1 Å². The third-order valence-electron chi connectivity index (χ3n) is 3.28. The van der Waals surface area contributed by atoms with E-state index in [1.54, 1.807) is 0 Å². The molecule has 3 rings (SSSR count). The highest BCUT2D eigenvalue weighted by Gasteiger charge is 2.11. The van der Waals surface area contributed by atoms with Crippen LogP contribution in [0.2, 0.25) is 5.02 Å². The molecule has 0 amide bonds. The molecular formula is C13H17ClN4. The van der Waals surface area contributed by atoms with Crippen molar-refractivity contribution >= 4 is 17.2 Å². The van der Waals surface area contributed by atoms with E-state index < -0.39 is 0 Å². The molecule has 1 aliphatic heterocycles. The Morgan fingerprint density at radius 2 is 2.17 bits per heavy atom. The topological polar surface area (TPSA) is 32.6 Å². The number of halogens is 1. The summed E-state index contributed by atoms with van der Waals surface area (Å²) in [6, 6.07) is 3.83. The smallest absolute Gasteiger partial charge is 0.137 e. The third-order valence-corrected chi connectivity index (χ3v) is 3.51. The second-order valence-electron chi connectivity index (χ2n) is 4.72. The summed E-state index contributed by atoms with van der Waals surface area (Å²) in [5, 5.41) is 4.15. The van der Waals surface area contributed by atoms with Crippen molar-refractivity contribution in [3.63, 3.8) is 0 Å². The highest BCUT2D eigenvalue weighted by molar-refractivity contribution is 6.30. The Kier molecular flexibility index (Phi) is 3.50. The van der Waals surface area contributed by atoms with E-state index >= 15 is 0 Å². The quantitative estimate of drug-likeness (QED) is 0.898. The molecule has 2 aromatic rings. The van der Waals surface area contributed by atoms with Gasteiger partial charge >= 0.3 is 0 Å². The molecule has 18 heavy (non-hydrogen) atoms. The largest absolute Gasteiger partial charge is 0.315 e. The van der Waals surface area contributed by atoms with Crippen LogP contribution in [0.3, 0.4) is 0 Å². The second-order valence-corrected chi connectivity index (χ2v) is 5.16. The molecule has 3 heterocycles. The maximum absolute atomic E-state index is 5.97. The Bertz CT molecular complexity index is 529. The Balaban J connectivity index is 1.77. The first kappa shape index (κ1) is 12.0. The molecule has 0 radical (unpaired) electrons. The molecule has 0 aromatic carbocycles. The van der Waals surface area contributed by atoms with Gasteiger partial charge in [0, 0.05) is 32.0 Å². The lowest BCUT2D eigenvalue weighted by Gasteiger charge is -2.17. The molecule has 96 valence electrons. The minimum Gasteiger partial charge on any atom is -0.315 e. The van der Waals surface area contributed by atoms with Crippen LogP contribution < -0.4 is 5.32 Å². The first-order valence-corrected chi connectivity index (χ1v) is 6.75. The van der Waals surface area contributed by atoms with Crippen molar-refractivity contribution in [3.05, 3.63) is 35.2 Å². The SMILES string of the molecule is Clc1ccc2nc(CN3CCCNCC3)cn2c1. The molecule has 1 N–H and O–H groups in total. The van der Waals surface area contributed by atoms with Crippen molar-refractivity contribution in [1.29, 1.82) is 0 Å². The zero-order valence-electron chi connectivity index (χ0n) is 10.3. The van der Waals surface area contributed by atoms with Crippen LogP contribution in [0.4, 0.5) is 0 Å².